The quantitative estimate of drug-likeness (QED) is 0.522. The Kier molecular flexibility index (Phi) is 6.57. The molecule has 3 rings (SSSR count). The number of aliphatic hydroxyl groups excluding tert-OH is 1. The van der Waals surface area contributed by atoms with Gasteiger partial charge in [-0.3, -0.25) is 4.99 Å². The van der Waals surface area contributed by atoms with Crippen LogP contribution in [0.1, 0.15) is 24.8 Å². The second-order valence-corrected chi connectivity index (χ2v) is 6.85. The number of fused-ring (bicyclic) bond motifs is 1. The van der Waals surface area contributed by atoms with Gasteiger partial charge in [-0.2, -0.15) is 0 Å². The molecule has 1 fully saturated rings. The third-order valence-electron chi connectivity index (χ3n) is 4.98. The Hall–Kier alpha value is -1.99. The van der Waals surface area contributed by atoms with Gasteiger partial charge in [0.1, 0.15) is 0 Å². The first kappa shape index (κ1) is 18.8. The monoisotopic (exact) mass is 363 g/mol. The number of para-hydroxylation sites is 1. The van der Waals surface area contributed by atoms with E-state index in [4.69, 9.17) is 14.2 Å². The molecular weight excluding hydrogens is 334 g/mol. The molecule has 2 aliphatic rings. The van der Waals surface area contributed by atoms with Gasteiger partial charge in [-0.15, -0.1) is 0 Å². The Morgan fingerprint density at radius 1 is 1.23 bits per heavy atom. The van der Waals surface area contributed by atoms with E-state index in [1.165, 1.54) is 0 Å². The van der Waals surface area contributed by atoms with Gasteiger partial charge >= 0.3 is 0 Å². The van der Waals surface area contributed by atoms with Crippen molar-refractivity contribution >= 4 is 5.96 Å². The summed E-state index contributed by atoms with van der Waals surface area (Å²) < 4.78 is 17.1. The van der Waals surface area contributed by atoms with Crippen molar-refractivity contribution in [1.82, 2.24) is 10.6 Å². The maximum atomic E-state index is 9.35. The van der Waals surface area contributed by atoms with E-state index >= 15 is 0 Å². The predicted molar refractivity (Wildman–Crippen MR) is 99.8 cm³/mol. The number of nitrogens with zero attached hydrogens (tertiary/aromatic N) is 1. The first-order valence-corrected chi connectivity index (χ1v) is 9.27. The summed E-state index contributed by atoms with van der Waals surface area (Å²) in [5, 5.41) is 16.1. The van der Waals surface area contributed by atoms with E-state index in [-0.39, 0.29) is 12.0 Å². The van der Waals surface area contributed by atoms with Gasteiger partial charge in [0.15, 0.2) is 17.5 Å². The number of aliphatic hydroxyl groups is 1. The zero-order valence-corrected chi connectivity index (χ0v) is 15.4. The van der Waals surface area contributed by atoms with Gasteiger partial charge in [0, 0.05) is 50.8 Å². The third-order valence-corrected chi connectivity index (χ3v) is 4.98. The molecule has 0 saturated carbocycles. The average Bonchev–Trinajstić information content (AvgIpc) is 2.98. The van der Waals surface area contributed by atoms with Gasteiger partial charge in [-0.05, 0) is 18.9 Å². The van der Waals surface area contributed by atoms with Gasteiger partial charge in [0.2, 0.25) is 0 Å². The molecule has 7 nitrogen and oxygen atoms in total. The highest BCUT2D eigenvalue weighted by Gasteiger charge is 2.34. The molecule has 7 heteroatoms. The van der Waals surface area contributed by atoms with Crippen LogP contribution in [-0.2, 0) is 11.3 Å². The molecule has 0 spiro atoms. The molecule has 3 N–H and O–H groups in total. The topological polar surface area (TPSA) is 84.3 Å². The van der Waals surface area contributed by atoms with Crippen LogP contribution in [0.5, 0.6) is 11.5 Å². The lowest BCUT2D eigenvalue weighted by Gasteiger charge is -2.27. The number of hydrogen-bond acceptors (Lipinski definition) is 5. The van der Waals surface area contributed by atoms with E-state index in [0.29, 0.717) is 26.4 Å². The van der Waals surface area contributed by atoms with Crippen molar-refractivity contribution in [3.05, 3.63) is 23.8 Å². The van der Waals surface area contributed by atoms with Crippen LogP contribution in [0.15, 0.2) is 23.2 Å². The summed E-state index contributed by atoms with van der Waals surface area (Å²) in [4.78, 5) is 4.30. The predicted octanol–water partition coefficient (Wildman–Crippen LogP) is 1.30. The SMILES string of the molecule is CN=C(NCc1cccc2c1OCCCO2)NCC1(CCO)CCOC1. The summed E-state index contributed by atoms with van der Waals surface area (Å²) in [7, 11) is 1.75. The molecule has 1 saturated heterocycles. The highest BCUT2D eigenvalue weighted by atomic mass is 16.5. The van der Waals surface area contributed by atoms with Crippen molar-refractivity contribution in [1.29, 1.82) is 0 Å². The minimum atomic E-state index is -0.0207. The smallest absolute Gasteiger partial charge is 0.191 e. The van der Waals surface area contributed by atoms with Gasteiger partial charge in [-0.25, -0.2) is 0 Å². The van der Waals surface area contributed by atoms with Crippen molar-refractivity contribution < 1.29 is 19.3 Å². The molecule has 1 aromatic rings. The normalized spacial score (nSPS) is 22.8. The van der Waals surface area contributed by atoms with Crippen LogP contribution < -0.4 is 20.1 Å². The van der Waals surface area contributed by atoms with E-state index in [2.05, 4.69) is 15.6 Å². The zero-order chi connectivity index (χ0) is 18.2. The summed E-state index contributed by atoms with van der Waals surface area (Å²) in [6.07, 6.45) is 2.57. The molecule has 2 aliphatic heterocycles. The lowest BCUT2D eigenvalue weighted by atomic mass is 9.84. The maximum absolute atomic E-state index is 9.35. The Balaban J connectivity index is 1.58. The summed E-state index contributed by atoms with van der Waals surface area (Å²) in [5.41, 5.74) is 1.02. The van der Waals surface area contributed by atoms with Crippen molar-refractivity contribution in [2.24, 2.45) is 10.4 Å². The van der Waals surface area contributed by atoms with Crippen LogP contribution in [0.3, 0.4) is 0 Å². The van der Waals surface area contributed by atoms with Crippen LogP contribution in [0.25, 0.3) is 0 Å². The molecule has 0 bridgehead atoms. The fourth-order valence-electron chi connectivity index (χ4n) is 3.38. The van der Waals surface area contributed by atoms with E-state index in [0.717, 1.165) is 55.4 Å². The first-order valence-electron chi connectivity index (χ1n) is 9.27. The Labute approximate surface area is 154 Å². The van der Waals surface area contributed by atoms with Gasteiger partial charge in [-0.1, -0.05) is 12.1 Å². The van der Waals surface area contributed by atoms with Crippen LogP contribution >= 0.6 is 0 Å². The molecule has 26 heavy (non-hydrogen) atoms. The van der Waals surface area contributed by atoms with E-state index in [1.807, 2.05) is 18.2 Å². The maximum Gasteiger partial charge on any atom is 0.191 e. The minimum Gasteiger partial charge on any atom is -0.490 e. The number of rotatable bonds is 6. The van der Waals surface area contributed by atoms with Crippen LogP contribution in [0, 0.1) is 5.41 Å². The Morgan fingerprint density at radius 2 is 2.12 bits per heavy atom. The molecule has 1 aromatic carbocycles. The lowest BCUT2D eigenvalue weighted by Crippen LogP contribution is -2.44. The number of aliphatic imine (C=N–C) groups is 1. The second kappa shape index (κ2) is 9.09. The summed E-state index contributed by atoms with van der Waals surface area (Å²) in [6.45, 7) is 4.26. The van der Waals surface area contributed by atoms with E-state index in [1.54, 1.807) is 7.05 Å². The largest absolute Gasteiger partial charge is 0.490 e. The molecule has 144 valence electrons. The van der Waals surface area contributed by atoms with Crippen LogP contribution in [-0.4, -0.2) is 57.7 Å². The van der Waals surface area contributed by atoms with Crippen LogP contribution in [0.2, 0.25) is 0 Å². The number of nitrogens with one attached hydrogen (secondary N) is 2. The molecule has 1 atom stereocenters. The Morgan fingerprint density at radius 3 is 2.88 bits per heavy atom. The molecular formula is C19H29N3O4. The lowest BCUT2D eigenvalue weighted by molar-refractivity contribution is 0.127. The molecule has 0 aliphatic carbocycles. The van der Waals surface area contributed by atoms with Crippen molar-refractivity contribution in [2.45, 2.75) is 25.8 Å². The Bertz CT molecular complexity index is 615. The minimum absolute atomic E-state index is 0.0207. The fourth-order valence-corrected chi connectivity index (χ4v) is 3.38. The summed E-state index contributed by atoms with van der Waals surface area (Å²) >= 11 is 0. The van der Waals surface area contributed by atoms with Crippen LogP contribution in [0.4, 0.5) is 0 Å². The second-order valence-electron chi connectivity index (χ2n) is 6.85. The zero-order valence-electron chi connectivity index (χ0n) is 15.4. The summed E-state index contributed by atoms with van der Waals surface area (Å²) in [5.74, 6) is 2.34. The summed E-state index contributed by atoms with van der Waals surface area (Å²) in [6, 6.07) is 5.95. The third kappa shape index (κ3) is 4.59. The van der Waals surface area contributed by atoms with Crippen molar-refractivity contribution in [3.8, 4) is 11.5 Å². The number of guanidine groups is 1. The number of ether oxygens (including phenoxy) is 3. The van der Waals surface area contributed by atoms with Gasteiger partial charge in [0.05, 0.1) is 19.8 Å². The highest BCUT2D eigenvalue weighted by Crippen LogP contribution is 2.33. The highest BCUT2D eigenvalue weighted by molar-refractivity contribution is 5.79. The van der Waals surface area contributed by atoms with Crippen molar-refractivity contribution in [2.75, 3.05) is 46.6 Å². The standard InChI is InChI=1S/C19H29N3O4/c1-20-18(22-13-19(6-8-23)7-11-24-14-19)21-12-15-4-2-5-16-17(15)26-10-3-9-25-16/h2,4-5,23H,3,6-14H2,1H3,(H2,20,21,22). The first-order chi connectivity index (χ1) is 12.8. The molecule has 0 aromatic heterocycles. The van der Waals surface area contributed by atoms with E-state index < -0.39 is 0 Å². The molecule has 1 unspecified atom stereocenters. The molecule has 0 amide bonds. The van der Waals surface area contributed by atoms with Crippen molar-refractivity contribution in [3.63, 3.8) is 0 Å². The average molecular weight is 363 g/mol. The number of benzene rings is 1. The van der Waals surface area contributed by atoms with Gasteiger partial charge < -0.3 is 30.0 Å². The molecule has 0 radical (unpaired) electrons. The fraction of sp³-hybridized carbons (Fsp3) is 0.632. The van der Waals surface area contributed by atoms with Gasteiger partial charge in [0.25, 0.3) is 0 Å². The number of hydrogen-bond donors (Lipinski definition) is 3. The molecule has 2 heterocycles. The van der Waals surface area contributed by atoms with E-state index in [9.17, 15) is 5.11 Å².